The summed E-state index contributed by atoms with van der Waals surface area (Å²) in [5.41, 5.74) is 2.58. The molecule has 5 rings (SSSR count). The molecule has 3 aliphatic heterocycles. The Labute approximate surface area is 196 Å². The van der Waals surface area contributed by atoms with E-state index in [-0.39, 0.29) is 5.92 Å². The third-order valence-electron chi connectivity index (χ3n) is 7.58. The number of aliphatic hydroxyl groups is 1. The van der Waals surface area contributed by atoms with Gasteiger partial charge in [-0.15, -0.1) is 0 Å². The largest absolute Gasteiger partial charge is 0.489 e. The Kier molecular flexibility index (Phi) is 6.79. The van der Waals surface area contributed by atoms with E-state index in [2.05, 4.69) is 35.0 Å². The summed E-state index contributed by atoms with van der Waals surface area (Å²) in [6, 6.07) is 4.00. The number of ether oxygens (including phenoxy) is 2. The Hall–Kier alpha value is -1.53. The third kappa shape index (κ3) is 4.72. The van der Waals surface area contributed by atoms with Crippen molar-refractivity contribution in [2.24, 2.45) is 17.8 Å². The molecule has 6 heteroatoms. The van der Waals surface area contributed by atoms with E-state index < -0.39 is 6.23 Å². The number of benzene rings is 1. The minimum Gasteiger partial charge on any atom is -0.489 e. The summed E-state index contributed by atoms with van der Waals surface area (Å²) in [4.78, 5) is 4.78. The second kappa shape index (κ2) is 9.76. The molecule has 4 unspecified atom stereocenters. The van der Waals surface area contributed by atoms with Crippen LogP contribution in [0.25, 0.3) is 0 Å². The Morgan fingerprint density at radius 1 is 1.12 bits per heavy atom. The molecule has 2 saturated heterocycles. The van der Waals surface area contributed by atoms with Gasteiger partial charge in [0.1, 0.15) is 6.23 Å². The number of fused-ring (bicyclic) bond motifs is 2. The van der Waals surface area contributed by atoms with Crippen molar-refractivity contribution in [1.29, 1.82) is 0 Å². The lowest BCUT2D eigenvalue weighted by Crippen LogP contribution is -2.58. The molecule has 0 spiro atoms. The Bertz CT molecular complexity index is 886. The van der Waals surface area contributed by atoms with Crippen LogP contribution in [0.15, 0.2) is 35.9 Å². The minimum atomic E-state index is -0.436. The van der Waals surface area contributed by atoms with E-state index in [9.17, 15) is 5.11 Å². The van der Waals surface area contributed by atoms with Gasteiger partial charge in [-0.3, -0.25) is 9.80 Å². The molecular formula is C26H35ClN2O3. The number of rotatable bonds is 4. The first kappa shape index (κ1) is 22.3. The molecule has 4 atom stereocenters. The first-order chi connectivity index (χ1) is 15.6. The van der Waals surface area contributed by atoms with Crippen LogP contribution in [0.5, 0.6) is 11.5 Å². The smallest absolute Gasteiger partial charge is 0.179 e. The predicted octanol–water partition coefficient (Wildman–Crippen LogP) is 4.49. The van der Waals surface area contributed by atoms with E-state index in [4.69, 9.17) is 21.1 Å². The normalized spacial score (nSPS) is 31.0. The van der Waals surface area contributed by atoms with Gasteiger partial charge in [-0.1, -0.05) is 42.3 Å². The van der Waals surface area contributed by atoms with Gasteiger partial charge >= 0.3 is 0 Å². The molecule has 0 radical (unpaired) electrons. The van der Waals surface area contributed by atoms with Gasteiger partial charge in [-0.2, -0.15) is 0 Å². The molecule has 174 valence electrons. The number of hydrogen-bond acceptors (Lipinski definition) is 5. The summed E-state index contributed by atoms with van der Waals surface area (Å²) < 4.78 is 11.6. The number of allylic oxidation sites excluding steroid dienone is 3. The average molecular weight is 459 g/mol. The fourth-order valence-electron chi connectivity index (χ4n) is 5.96. The number of aliphatic hydroxyl groups excluding tert-OH is 1. The van der Waals surface area contributed by atoms with E-state index in [1.54, 1.807) is 0 Å². The molecular weight excluding hydrogens is 424 g/mol. The summed E-state index contributed by atoms with van der Waals surface area (Å²) in [6.07, 6.45) is 10.6. The molecule has 3 heterocycles. The van der Waals surface area contributed by atoms with E-state index in [1.807, 2.05) is 12.1 Å². The highest BCUT2D eigenvalue weighted by Gasteiger charge is 2.43. The van der Waals surface area contributed by atoms with Gasteiger partial charge < -0.3 is 14.6 Å². The first-order valence-electron chi connectivity index (χ1n) is 12.2. The Balaban J connectivity index is 1.29. The van der Waals surface area contributed by atoms with Gasteiger partial charge in [0, 0.05) is 38.5 Å². The van der Waals surface area contributed by atoms with Crippen LogP contribution < -0.4 is 9.47 Å². The number of piperidine rings is 2. The van der Waals surface area contributed by atoms with E-state index >= 15 is 0 Å². The fraction of sp³-hybridized carbons (Fsp3) is 0.615. The van der Waals surface area contributed by atoms with Crippen LogP contribution in [-0.2, 0) is 6.54 Å². The predicted molar refractivity (Wildman–Crippen MR) is 127 cm³/mol. The SMILES string of the molecule is CC1CN(Cc2cc(Cl)c3c(c2)OCCCO3)C(O)C2CN(CC3=CC=CCC3)CCC12. The zero-order valence-corrected chi connectivity index (χ0v) is 19.8. The summed E-state index contributed by atoms with van der Waals surface area (Å²) >= 11 is 6.52. The average Bonchev–Trinajstić information content (AvgIpc) is 3.04. The second-order valence-electron chi connectivity index (χ2n) is 9.92. The van der Waals surface area contributed by atoms with Gasteiger partial charge in [0.2, 0.25) is 0 Å². The molecule has 1 N–H and O–H groups in total. The van der Waals surface area contributed by atoms with E-state index in [0.717, 1.165) is 56.8 Å². The molecule has 5 nitrogen and oxygen atoms in total. The summed E-state index contributed by atoms with van der Waals surface area (Å²) in [6.45, 7) is 8.33. The van der Waals surface area contributed by atoms with Crippen molar-refractivity contribution >= 4 is 11.6 Å². The maximum absolute atomic E-state index is 11.4. The Morgan fingerprint density at radius 2 is 2.00 bits per heavy atom. The maximum atomic E-state index is 11.4. The van der Waals surface area contributed by atoms with Gasteiger partial charge in [0.15, 0.2) is 11.5 Å². The van der Waals surface area contributed by atoms with E-state index in [1.165, 1.54) is 12.0 Å². The lowest BCUT2D eigenvalue weighted by Gasteiger charge is -2.51. The van der Waals surface area contributed by atoms with Crippen LogP contribution in [0, 0.1) is 17.8 Å². The highest BCUT2D eigenvalue weighted by molar-refractivity contribution is 6.32. The van der Waals surface area contributed by atoms with Crippen molar-refractivity contribution in [3.05, 3.63) is 46.5 Å². The third-order valence-corrected chi connectivity index (χ3v) is 7.86. The van der Waals surface area contributed by atoms with Crippen molar-refractivity contribution in [2.75, 3.05) is 39.4 Å². The molecule has 32 heavy (non-hydrogen) atoms. The van der Waals surface area contributed by atoms with Gasteiger partial charge in [-0.25, -0.2) is 0 Å². The maximum Gasteiger partial charge on any atom is 0.179 e. The lowest BCUT2D eigenvalue weighted by atomic mass is 9.73. The summed E-state index contributed by atoms with van der Waals surface area (Å²) in [5.74, 6) is 2.81. The van der Waals surface area contributed by atoms with Crippen LogP contribution in [0.1, 0.15) is 38.2 Å². The van der Waals surface area contributed by atoms with E-state index in [0.29, 0.717) is 42.4 Å². The standard InChI is InChI=1S/C26H35ClN2O3/c1-18-14-29(16-20-12-23(27)25-24(13-20)31-10-5-11-32-25)26(30)22-17-28(9-8-21(18)22)15-19-6-3-2-4-7-19/h2-3,6,12-13,18,21-22,26,30H,4-5,7-11,14-17H2,1H3. The molecule has 1 aliphatic carbocycles. The molecule has 0 amide bonds. The van der Waals surface area contributed by atoms with Crippen molar-refractivity contribution in [2.45, 2.75) is 45.4 Å². The monoisotopic (exact) mass is 458 g/mol. The highest BCUT2D eigenvalue weighted by Crippen LogP contribution is 2.41. The second-order valence-corrected chi connectivity index (χ2v) is 10.3. The van der Waals surface area contributed by atoms with Crippen molar-refractivity contribution in [1.82, 2.24) is 9.80 Å². The molecule has 0 aromatic heterocycles. The summed E-state index contributed by atoms with van der Waals surface area (Å²) in [5, 5.41) is 12.0. The summed E-state index contributed by atoms with van der Waals surface area (Å²) in [7, 11) is 0. The lowest BCUT2D eigenvalue weighted by molar-refractivity contribution is -0.135. The molecule has 4 aliphatic rings. The molecule has 1 aromatic carbocycles. The van der Waals surface area contributed by atoms with Crippen molar-refractivity contribution in [3.8, 4) is 11.5 Å². The van der Waals surface area contributed by atoms with Crippen molar-refractivity contribution in [3.63, 3.8) is 0 Å². The number of likely N-dealkylation sites (tertiary alicyclic amines) is 2. The Morgan fingerprint density at radius 3 is 2.84 bits per heavy atom. The molecule has 0 bridgehead atoms. The van der Waals surface area contributed by atoms with Gasteiger partial charge in [0.25, 0.3) is 0 Å². The van der Waals surface area contributed by atoms with Gasteiger partial charge in [-0.05, 0) is 55.3 Å². The topological polar surface area (TPSA) is 45.2 Å². The number of halogens is 1. The molecule has 0 saturated carbocycles. The van der Waals surface area contributed by atoms with Crippen LogP contribution in [0.4, 0.5) is 0 Å². The van der Waals surface area contributed by atoms with Crippen molar-refractivity contribution < 1.29 is 14.6 Å². The van der Waals surface area contributed by atoms with Crippen LogP contribution in [0.3, 0.4) is 0 Å². The van der Waals surface area contributed by atoms with Crippen LogP contribution >= 0.6 is 11.6 Å². The zero-order chi connectivity index (χ0) is 22.1. The highest BCUT2D eigenvalue weighted by atomic mass is 35.5. The number of hydrogen-bond donors (Lipinski definition) is 1. The molecule has 2 fully saturated rings. The first-order valence-corrected chi connectivity index (χ1v) is 12.5. The van der Waals surface area contributed by atoms with Gasteiger partial charge in [0.05, 0.1) is 18.2 Å². The zero-order valence-electron chi connectivity index (χ0n) is 19.0. The molecule has 1 aromatic rings. The van der Waals surface area contributed by atoms with Crippen LogP contribution in [-0.4, -0.2) is 60.5 Å². The van der Waals surface area contributed by atoms with Crippen LogP contribution in [0.2, 0.25) is 5.02 Å². The fourth-order valence-corrected chi connectivity index (χ4v) is 6.25. The minimum absolute atomic E-state index is 0.281. The quantitative estimate of drug-likeness (QED) is 0.720. The number of nitrogens with zero attached hydrogens (tertiary/aromatic N) is 2.